The number of nitrogens with zero attached hydrogens (tertiary/aromatic N) is 2. The van der Waals surface area contributed by atoms with Gasteiger partial charge >= 0.3 is 5.69 Å². The Hall–Kier alpha value is -1.15. The smallest absolute Gasteiger partial charge is 0.351 e. The normalized spacial score (nSPS) is 31.7. The molecule has 0 aliphatic carbocycles. The van der Waals surface area contributed by atoms with Crippen LogP contribution in [0, 0.1) is 0 Å². The van der Waals surface area contributed by atoms with Gasteiger partial charge in [0.15, 0.2) is 0 Å². The van der Waals surface area contributed by atoms with Crippen LogP contribution in [-0.2, 0) is 4.74 Å². The highest BCUT2D eigenvalue weighted by atomic mass is 35.5. The van der Waals surface area contributed by atoms with E-state index in [0.29, 0.717) is 0 Å². The number of halogens is 1. The fourth-order valence-corrected chi connectivity index (χ4v) is 2.25. The summed E-state index contributed by atoms with van der Waals surface area (Å²) in [4.78, 5) is 15.2. The summed E-state index contributed by atoms with van der Waals surface area (Å²) in [5.74, 6) is 0.0405. The number of hydrogen-bond acceptors (Lipinski definition) is 6. The van der Waals surface area contributed by atoms with E-state index in [4.69, 9.17) is 22.1 Å². The van der Waals surface area contributed by atoms with Crippen molar-refractivity contribution in [3.8, 4) is 0 Å². The molecule has 4 N–H and O–H groups in total. The number of aliphatic hydroxyl groups excluding tert-OH is 2. The minimum atomic E-state index is -1.24. The molecule has 0 aromatic carbocycles. The van der Waals surface area contributed by atoms with Crippen LogP contribution in [0.4, 0.5) is 5.82 Å². The lowest BCUT2D eigenvalue weighted by Gasteiger charge is -2.27. The van der Waals surface area contributed by atoms with Crippen molar-refractivity contribution in [2.24, 2.45) is 0 Å². The van der Waals surface area contributed by atoms with Gasteiger partial charge in [-0.15, -0.1) is 11.6 Å². The lowest BCUT2D eigenvalue weighted by atomic mass is 10.0. The van der Waals surface area contributed by atoms with Gasteiger partial charge in [-0.25, -0.2) is 4.79 Å². The number of aromatic nitrogens is 2. The number of anilines is 1. The number of hydrogen-bond donors (Lipinski definition) is 3. The molecule has 3 atom stereocenters. The van der Waals surface area contributed by atoms with Crippen molar-refractivity contribution in [3.63, 3.8) is 0 Å². The van der Waals surface area contributed by atoms with Crippen LogP contribution in [0.1, 0.15) is 12.6 Å². The van der Waals surface area contributed by atoms with E-state index < -0.39 is 30.2 Å². The largest absolute Gasteiger partial charge is 0.393 e. The van der Waals surface area contributed by atoms with Crippen LogP contribution in [0.15, 0.2) is 17.1 Å². The van der Waals surface area contributed by atoms with Crippen molar-refractivity contribution in [3.05, 3.63) is 22.7 Å². The molecule has 0 bridgehead atoms. The Morgan fingerprint density at radius 1 is 1.72 bits per heavy atom. The molecule has 2 rings (SSSR count). The van der Waals surface area contributed by atoms with Gasteiger partial charge in [-0.05, 0) is 6.07 Å². The number of nitrogen functional groups attached to an aromatic ring is 1. The van der Waals surface area contributed by atoms with Gasteiger partial charge in [0.05, 0.1) is 18.6 Å². The van der Waals surface area contributed by atoms with Crippen molar-refractivity contribution in [2.45, 2.75) is 24.4 Å². The standard InChI is InChI=1S/C10H14ClN3O4/c11-4-10(5-15)6(16)3-8(18-10)14-2-1-7(12)13-9(14)17/h1-2,6,8,15-16H,3-5H2,(H2,12,13,17)/t6-,8+,10+/m0/s1. The van der Waals surface area contributed by atoms with E-state index in [0.717, 1.165) is 0 Å². The molecule has 1 aliphatic rings. The van der Waals surface area contributed by atoms with Gasteiger partial charge in [0, 0.05) is 12.6 Å². The molecule has 0 unspecified atom stereocenters. The molecule has 0 amide bonds. The van der Waals surface area contributed by atoms with Crippen molar-refractivity contribution >= 4 is 17.4 Å². The monoisotopic (exact) mass is 275 g/mol. The van der Waals surface area contributed by atoms with Gasteiger partial charge in [-0.3, -0.25) is 4.57 Å². The molecular weight excluding hydrogens is 262 g/mol. The van der Waals surface area contributed by atoms with Crippen LogP contribution in [0.3, 0.4) is 0 Å². The molecule has 1 saturated heterocycles. The van der Waals surface area contributed by atoms with Crippen molar-refractivity contribution in [1.29, 1.82) is 0 Å². The zero-order valence-electron chi connectivity index (χ0n) is 9.49. The van der Waals surface area contributed by atoms with Crippen LogP contribution >= 0.6 is 11.6 Å². The highest BCUT2D eigenvalue weighted by Crippen LogP contribution is 2.36. The average Bonchev–Trinajstić information content (AvgIpc) is 2.67. The molecule has 1 aliphatic heterocycles. The van der Waals surface area contributed by atoms with Crippen molar-refractivity contribution < 1.29 is 14.9 Å². The summed E-state index contributed by atoms with van der Waals surface area (Å²) in [6.45, 7) is -0.425. The van der Waals surface area contributed by atoms with Gasteiger partial charge in [0.25, 0.3) is 0 Å². The molecule has 1 aromatic heterocycles. The van der Waals surface area contributed by atoms with Crippen molar-refractivity contribution in [2.75, 3.05) is 18.2 Å². The fourth-order valence-electron chi connectivity index (χ4n) is 1.92. The van der Waals surface area contributed by atoms with E-state index in [1.807, 2.05) is 0 Å². The minimum Gasteiger partial charge on any atom is -0.393 e. The van der Waals surface area contributed by atoms with Gasteiger partial charge in [-0.1, -0.05) is 0 Å². The first-order chi connectivity index (χ1) is 8.52. The lowest BCUT2D eigenvalue weighted by Crippen LogP contribution is -2.45. The number of rotatable bonds is 3. The summed E-state index contributed by atoms with van der Waals surface area (Å²) in [7, 11) is 0. The van der Waals surface area contributed by atoms with E-state index in [1.165, 1.54) is 16.8 Å². The van der Waals surface area contributed by atoms with E-state index in [2.05, 4.69) is 4.98 Å². The Balaban J connectivity index is 2.30. The van der Waals surface area contributed by atoms with E-state index in [9.17, 15) is 15.0 Å². The highest BCUT2D eigenvalue weighted by molar-refractivity contribution is 6.18. The van der Waals surface area contributed by atoms with Crippen LogP contribution in [0.25, 0.3) is 0 Å². The third-order valence-corrected chi connectivity index (χ3v) is 3.51. The predicted octanol–water partition coefficient (Wildman–Crippen LogP) is -0.925. The predicted molar refractivity (Wildman–Crippen MR) is 64.2 cm³/mol. The summed E-state index contributed by atoms with van der Waals surface area (Å²) in [5.41, 5.74) is 3.57. The minimum absolute atomic E-state index is 0.0711. The summed E-state index contributed by atoms with van der Waals surface area (Å²) >= 11 is 5.71. The Morgan fingerprint density at radius 3 is 2.94 bits per heavy atom. The van der Waals surface area contributed by atoms with Gasteiger partial charge in [0.2, 0.25) is 0 Å². The molecule has 0 spiro atoms. The third kappa shape index (κ3) is 2.10. The van der Waals surface area contributed by atoms with E-state index in [-0.39, 0.29) is 18.1 Å². The maximum atomic E-state index is 11.6. The fraction of sp³-hybridized carbons (Fsp3) is 0.600. The van der Waals surface area contributed by atoms with Gasteiger partial charge in [0.1, 0.15) is 17.6 Å². The molecule has 1 fully saturated rings. The van der Waals surface area contributed by atoms with E-state index in [1.54, 1.807) is 0 Å². The summed E-state index contributed by atoms with van der Waals surface area (Å²) in [6, 6.07) is 1.46. The zero-order valence-corrected chi connectivity index (χ0v) is 10.2. The first kappa shape index (κ1) is 13.3. The third-order valence-electron chi connectivity index (χ3n) is 3.06. The first-order valence-electron chi connectivity index (χ1n) is 5.40. The van der Waals surface area contributed by atoms with E-state index >= 15 is 0 Å². The van der Waals surface area contributed by atoms with Gasteiger partial charge < -0.3 is 20.7 Å². The molecule has 0 radical (unpaired) electrons. The molecule has 0 saturated carbocycles. The molecule has 18 heavy (non-hydrogen) atoms. The quantitative estimate of drug-likeness (QED) is 0.615. The summed E-state index contributed by atoms with van der Waals surface area (Å²) < 4.78 is 6.73. The Bertz CT molecular complexity index is 488. The number of alkyl halides is 1. The molecule has 7 nitrogen and oxygen atoms in total. The Morgan fingerprint density at radius 2 is 2.44 bits per heavy atom. The molecular formula is C10H14ClN3O4. The second kappa shape index (κ2) is 4.85. The maximum Gasteiger partial charge on any atom is 0.351 e. The van der Waals surface area contributed by atoms with Crippen LogP contribution in [0.2, 0.25) is 0 Å². The van der Waals surface area contributed by atoms with Crippen LogP contribution in [-0.4, -0.2) is 44.0 Å². The lowest BCUT2D eigenvalue weighted by molar-refractivity contribution is -0.114. The van der Waals surface area contributed by atoms with Crippen LogP contribution in [0.5, 0.6) is 0 Å². The second-order valence-corrected chi connectivity index (χ2v) is 4.49. The van der Waals surface area contributed by atoms with Crippen molar-refractivity contribution in [1.82, 2.24) is 9.55 Å². The summed E-state index contributed by atoms with van der Waals surface area (Å²) in [6.07, 6.45) is -0.0799. The van der Waals surface area contributed by atoms with Gasteiger partial charge in [-0.2, -0.15) is 4.98 Å². The maximum absolute atomic E-state index is 11.6. The first-order valence-corrected chi connectivity index (χ1v) is 5.93. The average molecular weight is 276 g/mol. The SMILES string of the molecule is Nc1ccn([C@H]2C[C@H](O)[C@](CO)(CCl)O2)c(=O)n1. The number of nitrogens with two attached hydrogens (primary N) is 1. The molecule has 2 heterocycles. The highest BCUT2D eigenvalue weighted by Gasteiger charge is 2.48. The number of aliphatic hydroxyl groups is 2. The second-order valence-electron chi connectivity index (χ2n) is 4.22. The molecule has 8 heteroatoms. The topological polar surface area (TPSA) is 111 Å². The molecule has 100 valence electrons. The van der Waals surface area contributed by atoms with Crippen LogP contribution < -0.4 is 11.4 Å². The number of ether oxygens (including phenoxy) is 1. The summed E-state index contributed by atoms with van der Waals surface area (Å²) in [5, 5.41) is 19.2. The Labute approximate surface area is 108 Å². The molecule has 1 aromatic rings. The zero-order chi connectivity index (χ0) is 13.3. The Kier molecular flexibility index (Phi) is 3.58.